The molecule has 29 heavy (non-hydrogen) atoms. The van der Waals surface area contributed by atoms with Crippen molar-refractivity contribution >= 4 is 44.6 Å². The predicted octanol–water partition coefficient (Wildman–Crippen LogP) is 4.26. The normalized spacial score (nSPS) is 16.9. The highest BCUT2D eigenvalue weighted by Crippen LogP contribution is 2.28. The maximum Gasteiger partial charge on any atom is 0.243 e. The molecule has 9 heteroatoms. The molecule has 1 aromatic heterocycles. The van der Waals surface area contributed by atoms with Gasteiger partial charge in [-0.1, -0.05) is 30.5 Å². The number of nitrogens with zero attached hydrogens (tertiary/aromatic N) is 1. The van der Waals surface area contributed by atoms with Gasteiger partial charge in [0, 0.05) is 24.0 Å². The molecule has 1 saturated heterocycles. The lowest BCUT2D eigenvalue weighted by molar-refractivity contribution is -0.115. The lowest BCUT2D eigenvalue weighted by Gasteiger charge is -2.20. The van der Waals surface area contributed by atoms with Crippen molar-refractivity contribution in [1.82, 2.24) is 9.62 Å². The van der Waals surface area contributed by atoms with E-state index in [-0.39, 0.29) is 23.4 Å². The molecule has 1 aliphatic rings. The summed E-state index contributed by atoms with van der Waals surface area (Å²) >= 11 is 7.83. The van der Waals surface area contributed by atoms with Crippen LogP contribution in [0.25, 0.3) is 0 Å². The number of anilines is 1. The number of carbonyl (C=O) groups is 1. The number of hydrogen-bond donors (Lipinski definition) is 2. The average molecular weight is 456 g/mol. The molecule has 1 aliphatic heterocycles. The minimum atomic E-state index is -3.61. The van der Waals surface area contributed by atoms with E-state index in [1.54, 1.807) is 11.3 Å². The summed E-state index contributed by atoms with van der Waals surface area (Å²) in [6.07, 6.45) is 3.82. The van der Waals surface area contributed by atoms with Gasteiger partial charge in [0.1, 0.15) is 0 Å². The fraction of sp³-hybridized carbons (Fsp3) is 0.450. The van der Waals surface area contributed by atoms with Crippen LogP contribution in [0.2, 0.25) is 5.02 Å². The molecule has 1 amide bonds. The van der Waals surface area contributed by atoms with Crippen LogP contribution in [0.15, 0.2) is 40.6 Å². The molecule has 0 radical (unpaired) electrons. The second kappa shape index (κ2) is 10.0. The summed E-state index contributed by atoms with van der Waals surface area (Å²) in [6, 6.07) is 8.48. The fourth-order valence-corrected chi connectivity index (χ4v) is 5.74. The third-order valence-electron chi connectivity index (χ3n) is 4.95. The Morgan fingerprint density at radius 1 is 1.21 bits per heavy atom. The number of thiophene rings is 1. The molecule has 3 rings (SSSR count). The number of halogens is 1. The second-order valence-corrected chi connectivity index (χ2v) is 10.5. The minimum absolute atomic E-state index is 0.0472. The molecule has 2 aromatic rings. The fourth-order valence-electron chi connectivity index (χ4n) is 3.27. The van der Waals surface area contributed by atoms with E-state index in [1.807, 2.05) is 24.4 Å². The zero-order chi connectivity index (χ0) is 20.9. The molecular weight excluding hydrogens is 430 g/mol. The Bertz CT molecular complexity index is 924. The number of rotatable bonds is 7. The Hall–Kier alpha value is -1.45. The maximum absolute atomic E-state index is 13.0. The van der Waals surface area contributed by atoms with Crippen LogP contribution in [0.1, 0.15) is 43.5 Å². The number of carbonyl (C=O) groups excluding carboxylic acids is 1. The molecule has 0 aliphatic carbocycles. The van der Waals surface area contributed by atoms with Crippen molar-refractivity contribution in [2.45, 2.75) is 43.5 Å². The Labute approximate surface area is 181 Å². The monoisotopic (exact) mass is 455 g/mol. The van der Waals surface area contributed by atoms with E-state index in [4.69, 9.17) is 11.6 Å². The Balaban J connectivity index is 1.67. The zero-order valence-electron chi connectivity index (χ0n) is 16.4. The summed E-state index contributed by atoms with van der Waals surface area (Å²) in [5.74, 6) is -0.278. The smallest absolute Gasteiger partial charge is 0.243 e. The Morgan fingerprint density at radius 2 is 1.93 bits per heavy atom. The van der Waals surface area contributed by atoms with Crippen LogP contribution in [-0.4, -0.2) is 38.3 Å². The van der Waals surface area contributed by atoms with E-state index in [1.165, 1.54) is 22.5 Å². The molecule has 158 valence electrons. The van der Waals surface area contributed by atoms with Crippen molar-refractivity contribution in [3.8, 4) is 0 Å². The summed E-state index contributed by atoms with van der Waals surface area (Å²) in [4.78, 5) is 13.7. The number of benzene rings is 1. The van der Waals surface area contributed by atoms with Crippen molar-refractivity contribution in [3.05, 3.63) is 45.6 Å². The van der Waals surface area contributed by atoms with Crippen molar-refractivity contribution in [2.75, 3.05) is 25.0 Å². The first-order valence-corrected chi connectivity index (χ1v) is 12.4. The first-order chi connectivity index (χ1) is 13.9. The largest absolute Gasteiger partial charge is 0.324 e. The number of hydrogen-bond acceptors (Lipinski definition) is 5. The standard InChI is InChI=1S/C20H26ClN3O3S2/c1-15(19-7-6-12-28-19)22-14-20(25)23-18-13-16(8-9-17(18)21)29(26,27)24-10-4-2-3-5-11-24/h6-9,12-13,15,22H,2-5,10-11,14H2,1H3,(H,23,25)/t15-/m0/s1. The molecule has 2 N–H and O–H groups in total. The molecule has 1 aromatic carbocycles. The topological polar surface area (TPSA) is 78.5 Å². The van der Waals surface area contributed by atoms with E-state index >= 15 is 0 Å². The van der Waals surface area contributed by atoms with E-state index in [9.17, 15) is 13.2 Å². The van der Waals surface area contributed by atoms with E-state index in [2.05, 4.69) is 10.6 Å². The number of sulfonamides is 1. The summed E-state index contributed by atoms with van der Waals surface area (Å²) in [6.45, 7) is 3.13. The van der Waals surface area contributed by atoms with Crippen LogP contribution in [0.4, 0.5) is 5.69 Å². The van der Waals surface area contributed by atoms with Crippen LogP contribution < -0.4 is 10.6 Å². The molecular formula is C20H26ClN3O3S2. The third-order valence-corrected chi connectivity index (χ3v) is 8.23. The average Bonchev–Trinajstić information content (AvgIpc) is 3.09. The number of amides is 1. The van der Waals surface area contributed by atoms with Gasteiger partial charge in [0.15, 0.2) is 0 Å². The Morgan fingerprint density at radius 3 is 2.59 bits per heavy atom. The van der Waals surface area contributed by atoms with Gasteiger partial charge in [0.25, 0.3) is 0 Å². The van der Waals surface area contributed by atoms with Crippen molar-refractivity contribution in [3.63, 3.8) is 0 Å². The SMILES string of the molecule is C[C@H](NCC(=O)Nc1cc(S(=O)(=O)N2CCCCCC2)ccc1Cl)c1cccs1. The molecule has 2 heterocycles. The van der Waals surface area contributed by atoms with Gasteiger partial charge in [-0.3, -0.25) is 4.79 Å². The zero-order valence-corrected chi connectivity index (χ0v) is 18.7. The molecule has 1 atom stereocenters. The van der Waals surface area contributed by atoms with Gasteiger partial charge in [-0.25, -0.2) is 8.42 Å². The minimum Gasteiger partial charge on any atom is -0.324 e. The van der Waals surface area contributed by atoms with E-state index < -0.39 is 10.0 Å². The van der Waals surface area contributed by atoms with Gasteiger partial charge in [0.05, 0.1) is 22.2 Å². The summed E-state index contributed by atoms with van der Waals surface area (Å²) in [5, 5.41) is 8.18. The van der Waals surface area contributed by atoms with Crippen molar-refractivity contribution in [1.29, 1.82) is 0 Å². The maximum atomic E-state index is 13.0. The van der Waals surface area contributed by atoms with Gasteiger partial charge in [-0.15, -0.1) is 11.3 Å². The molecule has 0 spiro atoms. The van der Waals surface area contributed by atoms with Crippen LogP contribution >= 0.6 is 22.9 Å². The van der Waals surface area contributed by atoms with Crippen LogP contribution in [0.5, 0.6) is 0 Å². The highest BCUT2D eigenvalue weighted by Gasteiger charge is 2.26. The van der Waals surface area contributed by atoms with Gasteiger partial charge in [-0.05, 0) is 49.4 Å². The van der Waals surface area contributed by atoms with Gasteiger partial charge < -0.3 is 10.6 Å². The second-order valence-electron chi connectivity index (χ2n) is 7.13. The third kappa shape index (κ3) is 5.79. The highest BCUT2D eigenvalue weighted by molar-refractivity contribution is 7.89. The van der Waals surface area contributed by atoms with Gasteiger partial charge in [0.2, 0.25) is 15.9 Å². The molecule has 0 unspecified atom stereocenters. The quantitative estimate of drug-likeness (QED) is 0.654. The van der Waals surface area contributed by atoms with Gasteiger partial charge in [-0.2, -0.15) is 4.31 Å². The van der Waals surface area contributed by atoms with Crippen molar-refractivity contribution < 1.29 is 13.2 Å². The molecule has 0 saturated carbocycles. The lowest BCUT2D eigenvalue weighted by atomic mass is 10.2. The van der Waals surface area contributed by atoms with Gasteiger partial charge >= 0.3 is 0 Å². The van der Waals surface area contributed by atoms with Crippen molar-refractivity contribution in [2.24, 2.45) is 0 Å². The molecule has 1 fully saturated rings. The first kappa shape index (κ1) is 22.2. The van der Waals surface area contributed by atoms with Crippen LogP contribution in [0.3, 0.4) is 0 Å². The predicted molar refractivity (Wildman–Crippen MR) is 118 cm³/mol. The van der Waals surface area contributed by atoms with Crippen LogP contribution in [0, 0.1) is 0 Å². The molecule has 6 nitrogen and oxygen atoms in total. The summed E-state index contributed by atoms with van der Waals surface area (Å²) < 4.78 is 27.5. The highest BCUT2D eigenvalue weighted by atomic mass is 35.5. The van der Waals surface area contributed by atoms with E-state index in [0.717, 1.165) is 30.6 Å². The molecule has 0 bridgehead atoms. The summed E-state index contributed by atoms with van der Waals surface area (Å²) in [5.41, 5.74) is 0.304. The lowest BCUT2D eigenvalue weighted by Crippen LogP contribution is -2.32. The van der Waals surface area contributed by atoms with E-state index in [0.29, 0.717) is 23.8 Å². The Kier molecular flexibility index (Phi) is 7.70. The summed E-state index contributed by atoms with van der Waals surface area (Å²) in [7, 11) is -3.61. The van der Waals surface area contributed by atoms with Crippen LogP contribution in [-0.2, 0) is 14.8 Å². The first-order valence-electron chi connectivity index (χ1n) is 9.74. The number of nitrogens with one attached hydrogen (secondary N) is 2.